The normalized spacial score (nSPS) is 16.2. The van der Waals surface area contributed by atoms with Crippen LogP contribution in [0.15, 0.2) is 47.7 Å². The Labute approximate surface area is 178 Å². The van der Waals surface area contributed by atoms with Gasteiger partial charge in [0.2, 0.25) is 0 Å². The molecular weight excluding hydrogens is 411 g/mol. The molecule has 3 aromatic rings. The van der Waals surface area contributed by atoms with Crippen molar-refractivity contribution in [3.8, 4) is 5.69 Å². The lowest BCUT2D eigenvalue weighted by Gasteiger charge is -2.35. The minimum absolute atomic E-state index is 0.120. The highest BCUT2D eigenvalue weighted by Crippen LogP contribution is 2.26. The minimum Gasteiger partial charge on any atom is -0.333 e. The van der Waals surface area contributed by atoms with E-state index in [4.69, 9.17) is 23.2 Å². The number of benzene rings is 1. The SMILES string of the molecule is Cc1cn(-c2ccc3n(c2=O)C[C@@H](C)N(CCc2cccc(Cl)c2Cl)C3=O)cn1. The number of rotatable bonds is 4. The first-order valence-corrected chi connectivity index (χ1v) is 10.1. The predicted molar refractivity (Wildman–Crippen MR) is 113 cm³/mol. The molecule has 0 N–H and O–H groups in total. The average Bonchev–Trinajstić information content (AvgIpc) is 3.12. The molecule has 0 radical (unpaired) electrons. The zero-order chi connectivity index (χ0) is 20.7. The van der Waals surface area contributed by atoms with Gasteiger partial charge in [0.1, 0.15) is 11.4 Å². The van der Waals surface area contributed by atoms with Gasteiger partial charge in [0.05, 0.1) is 22.1 Å². The third-order valence-electron chi connectivity index (χ3n) is 5.26. The van der Waals surface area contributed by atoms with Gasteiger partial charge in [0.25, 0.3) is 11.5 Å². The Morgan fingerprint density at radius 1 is 1.17 bits per heavy atom. The number of hydrogen-bond acceptors (Lipinski definition) is 3. The third kappa shape index (κ3) is 3.58. The zero-order valence-electron chi connectivity index (χ0n) is 16.1. The Kier molecular flexibility index (Phi) is 5.23. The van der Waals surface area contributed by atoms with E-state index in [9.17, 15) is 9.59 Å². The van der Waals surface area contributed by atoms with Gasteiger partial charge in [-0.05, 0) is 44.0 Å². The first-order chi connectivity index (χ1) is 13.9. The zero-order valence-corrected chi connectivity index (χ0v) is 17.6. The van der Waals surface area contributed by atoms with Gasteiger partial charge in [-0.3, -0.25) is 9.59 Å². The summed E-state index contributed by atoms with van der Waals surface area (Å²) in [7, 11) is 0. The van der Waals surface area contributed by atoms with Crippen LogP contribution in [0.5, 0.6) is 0 Å². The van der Waals surface area contributed by atoms with Crippen molar-refractivity contribution >= 4 is 29.1 Å². The number of halogens is 2. The number of nitrogens with zero attached hydrogens (tertiary/aromatic N) is 4. The first-order valence-electron chi connectivity index (χ1n) is 9.35. The van der Waals surface area contributed by atoms with Crippen molar-refractivity contribution in [2.45, 2.75) is 32.9 Å². The standard InChI is InChI=1S/C21H20Cl2N4O2/c1-13-10-25(12-24-13)17-6-7-18-21(29)26(14(2)11-27(18)20(17)28)9-8-15-4-3-5-16(22)19(15)23/h3-7,10,12,14H,8-9,11H2,1-2H3/t14-/m1/s1. The topological polar surface area (TPSA) is 60.1 Å². The molecule has 6 nitrogen and oxygen atoms in total. The maximum absolute atomic E-state index is 13.1. The fraction of sp³-hybridized carbons (Fsp3) is 0.286. The molecule has 1 aliphatic rings. The Bertz CT molecular complexity index is 1150. The van der Waals surface area contributed by atoms with Crippen LogP contribution in [0.1, 0.15) is 28.7 Å². The molecule has 0 fully saturated rings. The van der Waals surface area contributed by atoms with Crippen molar-refractivity contribution in [1.29, 1.82) is 0 Å². The maximum Gasteiger partial charge on any atom is 0.275 e. The summed E-state index contributed by atoms with van der Waals surface area (Å²) in [5.41, 5.74) is 2.40. The number of aryl methyl sites for hydroxylation is 1. The Morgan fingerprint density at radius 3 is 2.69 bits per heavy atom. The Balaban J connectivity index is 1.61. The summed E-state index contributed by atoms with van der Waals surface area (Å²) in [5, 5.41) is 1.02. The largest absolute Gasteiger partial charge is 0.333 e. The molecule has 1 aromatic carbocycles. The molecule has 150 valence electrons. The van der Waals surface area contributed by atoms with Gasteiger partial charge in [0.15, 0.2) is 0 Å². The van der Waals surface area contributed by atoms with Crippen molar-refractivity contribution in [2.75, 3.05) is 6.54 Å². The molecule has 1 aliphatic heterocycles. The quantitative estimate of drug-likeness (QED) is 0.633. The number of pyridine rings is 1. The summed E-state index contributed by atoms with van der Waals surface area (Å²) in [6.07, 6.45) is 3.99. The average molecular weight is 431 g/mol. The smallest absolute Gasteiger partial charge is 0.275 e. The number of hydrogen-bond donors (Lipinski definition) is 0. The fourth-order valence-corrected chi connectivity index (χ4v) is 4.11. The molecule has 29 heavy (non-hydrogen) atoms. The van der Waals surface area contributed by atoms with Gasteiger partial charge in [-0.2, -0.15) is 0 Å². The van der Waals surface area contributed by atoms with Crippen LogP contribution in [0.4, 0.5) is 0 Å². The van der Waals surface area contributed by atoms with Crippen LogP contribution in [0.3, 0.4) is 0 Å². The van der Waals surface area contributed by atoms with Crippen LogP contribution in [0.2, 0.25) is 10.0 Å². The molecule has 1 amide bonds. The molecule has 0 saturated carbocycles. The van der Waals surface area contributed by atoms with Gasteiger partial charge < -0.3 is 14.0 Å². The minimum atomic E-state index is -0.197. The maximum atomic E-state index is 13.1. The van der Waals surface area contributed by atoms with E-state index in [0.29, 0.717) is 40.9 Å². The number of imidazole rings is 1. The molecule has 0 saturated heterocycles. The van der Waals surface area contributed by atoms with Gasteiger partial charge in [-0.1, -0.05) is 35.3 Å². The van der Waals surface area contributed by atoms with Crippen LogP contribution in [-0.4, -0.2) is 37.5 Å². The van der Waals surface area contributed by atoms with E-state index >= 15 is 0 Å². The van der Waals surface area contributed by atoms with E-state index in [1.807, 2.05) is 26.0 Å². The lowest BCUT2D eigenvalue weighted by atomic mass is 10.1. The van der Waals surface area contributed by atoms with E-state index in [2.05, 4.69) is 4.98 Å². The molecule has 2 aromatic heterocycles. The third-order valence-corrected chi connectivity index (χ3v) is 6.11. The van der Waals surface area contributed by atoms with Crippen molar-refractivity contribution in [3.05, 3.63) is 80.2 Å². The first kappa shape index (κ1) is 19.7. The number of aromatic nitrogens is 3. The van der Waals surface area contributed by atoms with Crippen molar-refractivity contribution < 1.29 is 4.79 Å². The van der Waals surface area contributed by atoms with Gasteiger partial charge in [-0.15, -0.1) is 0 Å². The van der Waals surface area contributed by atoms with Gasteiger partial charge in [-0.25, -0.2) is 4.98 Å². The highest BCUT2D eigenvalue weighted by molar-refractivity contribution is 6.42. The second-order valence-electron chi connectivity index (χ2n) is 7.25. The number of fused-ring (bicyclic) bond motifs is 1. The summed E-state index contributed by atoms with van der Waals surface area (Å²) >= 11 is 12.4. The van der Waals surface area contributed by atoms with Crippen LogP contribution in [-0.2, 0) is 13.0 Å². The van der Waals surface area contributed by atoms with Crippen molar-refractivity contribution in [3.63, 3.8) is 0 Å². The molecule has 0 unspecified atom stereocenters. The van der Waals surface area contributed by atoms with Crippen molar-refractivity contribution in [1.82, 2.24) is 19.0 Å². The lowest BCUT2D eigenvalue weighted by Crippen LogP contribution is -2.50. The second-order valence-corrected chi connectivity index (χ2v) is 8.04. The van der Waals surface area contributed by atoms with E-state index < -0.39 is 0 Å². The summed E-state index contributed by atoms with van der Waals surface area (Å²) in [6, 6.07) is 8.76. The molecule has 3 heterocycles. The van der Waals surface area contributed by atoms with Gasteiger partial charge >= 0.3 is 0 Å². The van der Waals surface area contributed by atoms with E-state index in [1.54, 1.807) is 44.8 Å². The predicted octanol–water partition coefficient (Wildman–Crippen LogP) is 3.74. The monoisotopic (exact) mass is 430 g/mol. The fourth-order valence-electron chi connectivity index (χ4n) is 3.70. The van der Waals surface area contributed by atoms with E-state index in [0.717, 1.165) is 11.3 Å². The highest BCUT2D eigenvalue weighted by atomic mass is 35.5. The van der Waals surface area contributed by atoms with Crippen LogP contribution in [0.25, 0.3) is 5.69 Å². The van der Waals surface area contributed by atoms with Crippen LogP contribution >= 0.6 is 23.2 Å². The molecule has 0 aliphatic carbocycles. The van der Waals surface area contributed by atoms with E-state index in [1.165, 1.54) is 0 Å². The van der Waals surface area contributed by atoms with E-state index in [-0.39, 0.29) is 17.5 Å². The molecular formula is C21H20Cl2N4O2. The summed E-state index contributed by atoms with van der Waals surface area (Å²) in [4.78, 5) is 32.0. The van der Waals surface area contributed by atoms with Gasteiger partial charge in [0, 0.05) is 25.3 Å². The Hall–Kier alpha value is -2.57. The molecule has 8 heteroatoms. The molecule has 4 rings (SSSR count). The summed E-state index contributed by atoms with van der Waals surface area (Å²) in [6.45, 7) is 4.74. The summed E-state index contributed by atoms with van der Waals surface area (Å²) < 4.78 is 3.24. The van der Waals surface area contributed by atoms with Crippen LogP contribution in [0, 0.1) is 6.92 Å². The molecule has 0 bridgehead atoms. The van der Waals surface area contributed by atoms with Crippen molar-refractivity contribution in [2.24, 2.45) is 0 Å². The Morgan fingerprint density at radius 2 is 1.97 bits per heavy atom. The molecule has 0 spiro atoms. The number of carbonyl (C=O) groups excluding carboxylic acids is 1. The highest BCUT2D eigenvalue weighted by Gasteiger charge is 2.31. The number of amides is 1. The molecule has 1 atom stereocenters. The lowest BCUT2D eigenvalue weighted by molar-refractivity contribution is 0.0612. The van der Waals surface area contributed by atoms with Crippen LogP contribution < -0.4 is 5.56 Å². The summed E-state index contributed by atoms with van der Waals surface area (Å²) in [5.74, 6) is -0.160. The second kappa shape index (κ2) is 7.69. The number of carbonyl (C=O) groups is 1.